The molecule has 0 aromatic heterocycles. The van der Waals surface area contributed by atoms with E-state index in [1.54, 1.807) is 14.2 Å². The highest BCUT2D eigenvalue weighted by atomic mass is 16.6. The normalized spacial score (nSPS) is 18.8. The van der Waals surface area contributed by atoms with Gasteiger partial charge in [-0.25, -0.2) is 0 Å². The Morgan fingerprint density at radius 2 is 1.69 bits per heavy atom. The van der Waals surface area contributed by atoms with Crippen LogP contribution in [0.15, 0.2) is 35.9 Å². The van der Waals surface area contributed by atoms with E-state index in [0.29, 0.717) is 6.10 Å². The van der Waals surface area contributed by atoms with Crippen molar-refractivity contribution in [3.05, 3.63) is 47.0 Å². The Bertz CT molecular complexity index is 833. The van der Waals surface area contributed by atoms with Crippen molar-refractivity contribution in [2.75, 3.05) is 14.2 Å². The monoisotopic (exact) mass is 354 g/mol. The number of ether oxygens (including phenoxy) is 3. The second-order valence-corrected chi connectivity index (χ2v) is 7.72. The first kappa shape index (κ1) is 18.8. The molecule has 140 valence electrons. The summed E-state index contributed by atoms with van der Waals surface area (Å²) in [5.41, 5.74) is 3.82. The molecule has 0 radical (unpaired) electrons. The van der Waals surface area contributed by atoms with E-state index >= 15 is 0 Å². The molecule has 2 aromatic rings. The van der Waals surface area contributed by atoms with E-state index in [4.69, 9.17) is 14.2 Å². The summed E-state index contributed by atoms with van der Waals surface area (Å²) in [5, 5.41) is 2.20. The standard InChI is InChI=1S/C23H30O3/c1-15(12-14-20-23(3,4)26-20)11-13-17-16(2)21(24-5)18-9-7-8-10-19(18)22(17)25-6/h7-11,20H,12-14H2,1-6H3/b15-11+. The van der Waals surface area contributed by atoms with Crippen LogP contribution in [-0.2, 0) is 11.2 Å². The smallest absolute Gasteiger partial charge is 0.130 e. The molecule has 0 bridgehead atoms. The summed E-state index contributed by atoms with van der Waals surface area (Å²) in [6, 6.07) is 8.27. The van der Waals surface area contributed by atoms with Gasteiger partial charge < -0.3 is 14.2 Å². The van der Waals surface area contributed by atoms with Gasteiger partial charge in [-0.2, -0.15) is 0 Å². The van der Waals surface area contributed by atoms with Gasteiger partial charge in [0.25, 0.3) is 0 Å². The maximum absolute atomic E-state index is 5.80. The number of hydrogen-bond acceptors (Lipinski definition) is 3. The van der Waals surface area contributed by atoms with Crippen LogP contribution in [0.2, 0.25) is 0 Å². The summed E-state index contributed by atoms with van der Waals surface area (Å²) in [6.45, 7) is 8.64. The lowest BCUT2D eigenvalue weighted by Crippen LogP contribution is -2.03. The number of allylic oxidation sites excluding steroid dienone is 2. The van der Waals surface area contributed by atoms with Crippen molar-refractivity contribution in [1.29, 1.82) is 0 Å². The second-order valence-electron chi connectivity index (χ2n) is 7.72. The molecule has 3 nitrogen and oxygen atoms in total. The predicted molar refractivity (Wildman–Crippen MR) is 107 cm³/mol. The first-order chi connectivity index (χ1) is 12.4. The van der Waals surface area contributed by atoms with Crippen molar-refractivity contribution < 1.29 is 14.2 Å². The molecule has 0 amide bonds. The van der Waals surface area contributed by atoms with Gasteiger partial charge in [-0.1, -0.05) is 35.9 Å². The van der Waals surface area contributed by atoms with Crippen LogP contribution >= 0.6 is 0 Å². The Kier molecular flexibility index (Phi) is 5.29. The van der Waals surface area contributed by atoms with Crippen LogP contribution in [-0.4, -0.2) is 25.9 Å². The summed E-state index contributed by atoms with van der Waals surface area (Å²) in [4.78, 5) is 0. The van der Waals surface area contributed by atoms with Gasteiger partial charge >= 0.3 is 0 Å². The number of methoxy groups -OCH3 is 2. The fourth-order valence-corrected chi connectivity index (χ4v) is 3.77. The molecule has 1 aliphatic rings. The maximum atomic E-state index is 5.80. The molecular weight excluding hydrogens is 324 g/mol. The third-order valence-corrected chi connectivity index (χ3v) is 5.51. The molecule has 0 aliphatic carbocycles. The molecule has 1 heterocycles. The Balaban J connectivity index is 1.87. The molecule has 0 N–H and O–H groups in total. The third kappa shape index (κ3) is 3.59. The topological polar surface area (TPSA) is 31.0 Å². The first-order valence-corrected chi connectivity index (χ1v) is 9.34. The van der Waals surface area contributed by atoms with E-state index in [2.05, 4.69) is 45.9 Å². The van der Waals surface area contributed by atoms with Gasteiger partial charge in [0.15, 0.2) is 0 Å². The van der Waals surface area contributed by atoms with Crippen molar-refractivity contribution in [1.82, 2.24) is 0 Å². The van der Waals surface area contributed by atoms with Gasteiger partial charge in [0, 0.05) is 16.3 Å². The van der Waals surface area contributed by atoms with Gasteiger partial charge in [-0.3, -0.25) is 0 Å². The Labute approximate surface area is 157 Å². The van der Waals surface area contributed by atoms with Gasteiger partial charge in [0.1, 0.15) is 11.5 Å². The first-order valence-electron chi connectivity index (χ1n) is 9.34. The molecule has 0 spiro atoms. The number of hydrogen-bond donors (Lipinski definition) is 0. The van der Waals surface area contributed by atoms with Gasteiger partial charge in [0.05, 0.1) is 25.9 Å². The van der Waals surface area contributed by atoms with Crippen molar-refractivity contribution in [3.8, 4) is 11.5 Å². The van der Waals surface area contributed by atoms with E-state index < -0.39 is 0 Å². The molecule has 3 heteroatoms. The number of epoxide rings is 1. The largest absolute Gasteiger partial charge is 0.496 e. The highest BCUT2D eigenvalue weighted by Crippen LogP contribution is 2.41. The molecule has 26 heavy (non-hydrogen) atoms. The van der Waals surface area contributed by atoms with Crippen LogP contribution in [0.3, 0.4) is 0 Å². The Morgan fingerprint density at radius 3 is 2.23 bits per heavy atom. The SMILES string of the molecule is COc1c(C)c(C/C=C(\C)CCC2OC2(C)C)c(OC)c2ccccc12. The summed E-state index contributed by atoms with van der Waals surface area (Å²) < 4.78 is 17.2. The van der Waals surface area contributed by atoms with E-state index in [9.17, 15) is 0 Å². The van der Waals surface area contributed by atoms with Crippen molar-refractivity contribution in [2.45, 2.75) is 58.7 Å². The lowest BCUT2D eigenvalue weighted by atomic mass is 9.95. The number of fused-ring (bicyclic) bond motifs is 1. The molecular formula is C23H30O3. The lowest BCUT2D eigenvalue weighted by Gasteiger charge is -2.18. The van der Waals surface area contributed by atoms with E-state index in [-0.39, 0.29) is 5.60 Å². The highest BCUT2D eigenvalue weighted by molar-refractivity contribution is 5.96. The fourth-order valence-electron chi connectivity index (χ4n) is 3.77. The maximum Gasteiger partial charge on any atom is 0.130 e. The average molecular weight is 354 g/mol. The Morgan fingerprint density at radius 1 is 1.12 bits per heavy atom. The zero-order valence-electron chi connectivity index (χ0n) is 16.8. The molecule has 1 fully saturated rings. The van der Waals surface area contributed by atoms with E-state index in [1.807, 2.05) is 12.1 Å². The van der Waals surface area contributed by atoms with Crippen molar-refractivity contribution >= 4 is 10.8 Å². The third-order valence-electron chi connectivity index (χ3n) is 5.51. The van der Waals surface area contributed by atoms with Crippen LogP contribution < -0.4 is 9.47 Å². The Hall–Kier alpha value is -2.00. The van der Waals surface area contributed by atoms with Gasteiger partial charge in [-0.15, -0.1) is 0 Å². The molecule has 1 atom stereocenters. The average Bonchev–Trinajstić information content (AvgIpc) is 3.24. The molecule has 1 unspecified atom stereocenters. The number of benzene rings is 2. The molecule has 3 rings (SSSR count). The summed E-state index contributed by atoms with van der Waals surface area (Å²) in [5.74, 6) is 1.89. The minimum Gasteiger partial charge on any atom is -0.496 e. The van der Waals surface area contributed by atoms with Crippen LogP contribution in [0.25, 0.3) is 10.8 Å². The van der Waals surface area contributed by atoms with E-state index in [1.165, 1.54) is 11.1 Å². The summed E-state index contributed by atoms with van der Waals surface area (Å²) >= 11 is 0. The molecule has 1 aliphatic heterocycles. The molecule has 0 saturated carbocycles. The fraction of sp³-hybridized carbons (Fsp3) is 0.478. The zero-order valence-corrected chi connectivity index (χ0v) is 16.8. The minimum atomic E-state index is 0.0752. The second kappa shape index (κ2) is 7.32. The van der Waals surface area contributed by atoms with Crippen LogP contribution in [0.5, 0.6) is 11.5 Å². The van der Waals surface area contributed by atoms with Gasteiger partial charge in [0.2, 0.25) is 0 Å². The van der Waals surface area contributed by atoms with Crippen molar-refractivity contribution in [3.63, 3.8) is 0 Å². The van der Waals surface area contributed by atoms with Crippen LogP contribution in [0.4, 0.5) is 0 Å². The van der Waals surface area contributed by atoms with Gasteiger partial charge in [-0.05, 0) is 52.5 Å². The molecule has 1 saturated heterocycles. The quantitative estimate of drug-likeness (QED) is 0.478. The predicted octanol–water partition coefficient (Wildman–Crippen LogP) is 5.61. The van der Waals surface area contributed by atoms with E-state index in [0.717, 1.165) is 47.1 Å². The van der Waals surface area contributed by atoms with Crippen LogP contribution in [0.1, 0.15) is 44.7 Å². The van der Waals surface area contributed by atoms with Crippen LogP contribution in [0, 0.1) is 6.92 Å². The summed E-state index contributed by atoms with van der Waals surface area (Å²) in [7, 11) is 3.49. The minimum absolute atomic E-state index is 0.0752. The van der Waals surface area contributed by atoms with Crippen molar-refractivity contribution in [2.24, 2.45) is 0 Å². The lowest BCUT2D eigenvalue weighted by molar-refractivity contribution is 0.320. The number of rotatable bonds is 7. The zero-order chi connectivity index (χ0) is 18.9. The molecule has 2 aromatic carbocycles. The summed E-state index contributed by atoms with van der Waals surface area (Å²) in [6.07, 6.45) is 5.72. The highest BCUT2D eigenvalue weighted by Gasteiger charge is 2.46.